The van der Waals surface area contributed by atoms with Crippen molar-refractivity contribution < 1.29 is 13.2 Å². The highest BCUT2D eigenvalue weighted by atomic mass is 32.2. The topological polar surface area (TPSA) is 88.2 Å². The van der Waals surface area contributed by atoms with Gasteiger partial charge in [-0.3, -0.25) is 9.78 Å². The van der Waals surface area contributed by atoms with Gasteiger partial charge in [0, 0.05) is 31.0 Å². The molecule has 2 N–H and O–H groups in total. The molecule has 2 rings (SSSR count). The summed E-state index contributed by atoms with van der Waals surface area (Å²) in [7, 11) is -3.56. The first-order valence-electron chi connectivity index (χ1n) is 7.30. The smallest absolute Gasteiger partial charge is 0.251 e. The summed E-state index contributed by atoms with van der Waals surface area (Å²) in [6, 6.07) is 9.93. The van der Waals surface area contributed by atoms with Crippen molar-refractivity contribution in [2.75, 3.05) is 13.1 Å². The van der Waals surface area contributed by atoms with Crippen molar-refractivity contribution in [3.05, 3.63) is 59.9 Å². The Morgan fingerprint density at radius 1 is 1.04 bits per heavy atom. The third-order valence-corrected chi connectivity index (χ3v) is 4.76. The number of rotatable bonds is 7. The fourth-order valence-electron chi connectivity index (χ4n) is 1.95. The monoisotopic (exact) mass is 333 g/mol. The molecule has 0 saturated carbocycles. The van der Waals surface area contributed by atoms with E-state index in [1.807, 2.05) is 6.92 Å². The van der Waals surface area contributed by atoms with Crippen molar-refractivity contribution in [3.63, 3.8) is 0 Å². The van der Waals surface area contributed by atoms with Crippen molar-refractivity contribution in [2.45, 2.75) is 18.2 Å². The molecule has 23 heavy (non-hydrogen) atoms. The summed E-state index contributed by atoms with van der Waals surface area (Å²) in [5.74, 6) is -0.265. The van der Waals surface area contributed by atoms with Gasteiger partial charge in [0.05, 0.1) is 4.90 Å². The minimum atomic E-state index is -3.56. The summed E-state index contributed by atoms with van der Waals surface area (Å²) < 4.78 is 26.7. The average molecular weight is 333 g/mol. The van der Waals surface area contributed by atoms with Crippen LogP contribution in [0.3, 0.4) is 0 Å². The normalized spacial score (nSPS) is 11.2. The fourth-order valence-corrected chi connectivity index (χ4v) is 2.99. The zero-order valence-electron chi connectivity index (χ0n) is 12.8. The van der Waals surface area contributed by atoms with Gasteiger partial charge in [0.1, 0.15) is 0 Å². The summed E-state index contributed by atoms with van der Waals surface area (Å²) in [6.45, 7) is 2.33. The highest BCUT2D eigenvalue weighted by Crippen LogP contribution is 2.10. The molecule has 0 radical (unpaired) electrons. The molecule has 0 spiro atoms. The molecule has 7 heteroatoms. The molecule has 0 atom stereocenters. The Bertz CT molecular complexity index is 744. The van der Waals surface area contributed by atoms with Gasteiger partial charge >= 0.3 is 0 Å². The largest absolute Gasteiger partial charge is 0.351 e. The lowest BCUT2D eigenvalue weighted by molar-refractivity contribution is 0.0954. The van der Waals surface area contributed by atoms with Gasteiger partial charge in [-0.25, -0.2) is 13.1 Å². The van der Waals surface area contributed by atoms with Crippen LogP contribution in [0.25, 0.3) is 0 Å². The molecule has 1 aromatic carbocycles. The molecule has 0 aliphatic heterocycles. The molecule has 1 amide bonds. The standard InChI is InChI=1S/C16H19N3O3S/c1-2-13-3-5-15(6-4-13)23(21,22)19-12-11-18-16(20)14-7-9-17-10-8-14/h3-10,19H,2,11-12H2,1H3,(H,18,20). The molecule has 122 valence electrons. The zero-order valence-corrected chi connectivity index (χ0v) is 13.6. The van der Waals surface area contributed by atoms with Gasteiger partial charge in [-0.1, -0.05) is 19.1 Å². The second kappa shape index (κ2) is 7.85. The lowest BCUT2D eigenvalue weighted by Gasteiger charge is -2.08. The van der Waals surface area contributed by atoms with Crippen LogP contribution in [0.1, 0.15) is 22.8 Å². The molecule has 6 nitrogen and oxygen atoms in total. The van der Waals surface area contributed by atoms with Gasteiger partial charge in [-0.2, -0.15) is 0 Å². The van der Waals surface area contributed by atoms with Crippen molar-refractivity contribution >= 4 is 15.9 Å². The summed E-state index contributed by atoms with van der Waals surface area (Å²) in [5, 5.41) is 2.65. The molecule has 0 bridgehead atoms. The number of pyridine rings is 1. The molecule has 0 saturated heterocycles. The molecule has 1 aromatic heterocycles. The third-order valence-electron chi connectivity index (χ3n) is 3.29. The van der Waals surface area contributed by atoms with E-state index in [0.717, 1.165) is 12.0 Å². The number of aromatic nitrogens is 1. The maximum Gasteiger partial charge on any atom is 0.251 e. The lowest BCUT2D eigenvalue weighted by Crippen LogP contribution is -2.34. The molecular formula is C16H19N3O3S. The van der Waals surface area contributed by atoms with Crippen LogP contribution < -0.4 is 10.0 Å². The maximum absolute atomic E-state index is 12.1. The van der Waals surface area contributed by atoms with Gasteiger partial charge in [0.2, 0.25) is 10.0 Å². The number of carbonyl (C=O) groups excluding carboxylic acids is 1. The van der Waals surface area contributed by atoms with E-state index < -0.39 is 10.0 Å². The summed E-state index contributed by atoms with van der Waals surface area (Å²) in [4.78, 5) is 15.8. The SMILES string of the molecule is CCc1ccc(S(=O)(=O)NCCNC(=O)c2ccncc2)cc1. The zero-order chi connectivity index (χ0) is 16.7. The third kappa shape index (κ3) is 4.87. The van der Waals surface area contributed by atoms with E-state index in [4.69, 9.17) is 0 Å². The van der Waals surface area contributed by atoms with Crippen LogP contribution in [-0.4, -0.2) is 32.4 Å². The molecule has 0 aliphatic rings. The second-order valence-corrected chi connectivity index (χ2v) is 6.65. The minimum absolute atomic E-state index is 0.120. The lowest BCUT2D eigenvalue weighted by atomic mass is 10.2. The van der Waals surface area contributed by atoms with E-state index >= 15 is 0 Å². The Morgan fingerprint density at radius 2 is 1.70 bits per heavy atom. The number of nitrogens with zero attached hydrogens (tertiary/aromatic N) is 1. The van der Waals surface area contributed by atoms with Crippen LogP contribution in [0.2, 0.25) is 0 Å². The molecule has 1 heterocycles. The maximum atomic E-state index is 12.1. The Balaban J connectivity index is 1.84. The summed E-state index contributed by atoms with van der Waals surface area (Å²) >= 11 is 0. The Kier molecular flexibility index (Phi) is 5.84. The van der Waals surface area contributed by atoms with Crippen LogP contribution in [0.15, 0.2) is 53.7 Å². The first-order chi connectivity index (χ1) is 11.0. The van der Waals surface area contributed by atoms with E-state index in [-0.39, 0.29) is 23.9 Å². The number of carbonyl (C=O) groups is 1. The van der Waals surface area contributed by atoms with Gasteiger partial charge in [0.25, 0.3) is 5.91 Å². The van der Waals surface area contributed by atoms with E-state index in [1.54, 1.807) is 36.4 Å². The van der Waals surface area contributed by atoms with E-state index in [1.165, 1.54) is 12.4 Å². The van der Waals surface area contributed by atoms with Gasteiger partial charge in [-0.05, 0) is 36.2 Å². The van der Waals surface area contributed by atoms with Crippen molar-refractivity contribution in [3.8, 4) is 0 Å². The highest BCUT2D eigenvalue weighted by molar-refractivity contribution is 7.89. The molecule has 2 aromatic rings. The summed E-state index contributed by atoms with van der Waals surface area (Å²) in [5.41, 5.74) is 1.56. The summed E-state index contributed by atoms with van der Waals surface area (Å²) in [6.07, 6.45) is 3.91. The highest BCUT2D eigenvalue weighted by Gasteiger charge is 2.13. The number of hydrogen-bond acceptors (Lipinski definition) is 4. The second-order valence-electron chi connectivity index (χ2n) is 4.89. The van der Waals surface area contributed by atoms with Gasteiger partial charge < -0.3 is 5.32 Å². The van der Waals surface area contributed by atoms with Crippen LogP contribution >= 0.6 is 0 Å². The van der Waals surface area contributed by atoms with Crippen LogP contribution in [0.4, 0.5) is 0 Å². The first-order valence-corrected chi connectivity index (χ1v) is 8.78. The predicted molar refractivity (Wildman–Crippen MR) is 87.6 cm³/mol. The number of benzene rings is 1. The van der Waals surface area contributed by atoms with E-state index in [2.05, 4.69) is 15.0 Å². The molecule has 0 unspecified atom stereocenters. The molecule has 0 fully saturated rings. The van der Waals surface area contributed by atoms with Crippen molar-refractivity contribution in [1.29, 1.82) is 0 Å². The fraction of sp³-hybridized carbons (Fsp3) is 0.250. The van der Waals surface area contributed by atoms with Crippen LogP contribution in [0.5, 0.6) is 0 Å². The van der Waals surface area contributed by atoms with Crippen molar-refractivity contribution in [1.82, 2.24) is 15.0 Å². The number of amides is 1. The van der Waals surface area contributed by atoms with Gasteiger partial charge in [0.15, 0.2) is 0 Å². The number of sulfonamides is 1. The molecule has 0 aliphatic carbocycles. The Labute approximate surface area is 136 Å². The Hall–Kier alpha value is -2.25. The molecular weight excluding hydrogens is 314 g/mol. The number of nitrogens with one attached hydrogen (secondary N) is 2. The average Bonchev–Trinajstić information content (AvgIpc) is 2.59. The van der Waals surface area contributed by atoms with Gasteiger partial charge in [-0.15, -0.1) is 0 Å². The quantitative estimate of drug-likeness (QED) is 0.749. The van der Waals surface area contributed by atoms with E-state index in [0.29, 0.717) is 5.56 Å². The first kappa shape index (κ1) is 17.1. The van der Waals surface area contributed by atoms with E-state index in [9.17, 15) is 13.2 Å². The van der Waals surface area contributed by atoms with Crippen LogP contribution in [-0.2, 0) is 16.4 Å². The van der Waals surface area contributed by atoms with Crippen LogP contribution in [0, 0.1) is 0 Å². The number of aryl methyl sites for hydroxylation is 1. The minimum Gasteiger partial charge on any atom is -0.351 e. The van der Waals surface area contributed by atoms with Crippen molar-refractivity contribution in [2.24, 2.45) is 0 Å². The number of hydrogen-bond donors (Lipinski definition) is 2. The Morgan fingerprint density at radius 3 is 2.30 bits per heavy atom. The predicted octanol–water partition coefficient (Wildman–Crippen LogP) is 1.35.